The quantitative estimate of drug-likeness (QED) is 0.721. The number of carbonyl (C=O) groups excluding carboxylic acids is 1. The number of hydrogen-bond donors (Lipinski definition) is 1. The van der Waals surface area contributed by atoms with Crippen LogP contribution in [0.25, 0.3) is 0 Å². The number of hydrogen-bond acceptors (Lipinski definition) is 4. The van der Waals surface area contributed by atoms with E-state index in [9.17, 15) is 13.6 Å². The van der Waals surface area contributed by atoms with E-state index in [1.807, 2.05) is 51.1 Å². The van der Waals surface area contributed by atoms with E-state index < -0.39 is 28.7 Å². The second-order valence-corrected chi connectivity index (χ2v) is 7.51. The molecule has 2 heterocycles. The number of carbonyl (C=O) groups is 1. The fraction of sp³-hybridized carbons (Fsp3) is 0.458. The summed E-state index contributed by atoms with van der Waals surface area (Å²) in [6.07, 6.45) is -0.0555. The fourth-order valence-corrected chi connectivity index (χ4v) is 3.76. The number of nitrogens with one attached hydrogen (secondary N) is 1. The summed E-state index contributed by atoms with van der Waals surface area (Å²) in [6.45, 7) is 7.34. The van der Waals surface area contributed by atoms with Gasteiger partial charge in [0.15, 0.2) is 0 Å². The van der Waals surface area contributed by atoms with E-state index in [2.05, 4.69) is 5.32 Å². The van der Waals surface area contributed by atoms with Crippen molar-refractivity contribution in [2.24, 2.45) is 5.41 Å². The van der Waals surface area contributed by atoms with Crippen molar-refractivity contribution in [2.45, 2.75) is 39.3 Å². The summed E-state index contributed by atoms with van der Waals surface area (Å²) in [4.78, 5) is 11.6. The van der Waals surface area contributed by atoms with Gasteiger partial charge in [-0.05, 0) is 30.2 Å². The SMILES string of the molecule is CC.CC12CCOCC1(c1cc(F)ccc1F)NC(=O)OC2.COCc1ccccc1. The minimum Gasteiger partial charge on any atom is -0.449 e. The average Bonchev–Trinajstić information content (AvgIpc) is 2.78. The number of amides is 1. The van der Waals surface area contributed by atoms with Crippen molar-refractivity contribution < 1.29 is 27.8 Å². The van der Waals surface area contributed by atoms with Crippen LogP contribution in [-0.2, 0) is 26.4 Å². The Balaban J connectivity index is 0.000000261. The molecule has 0 saturated carbocycles. The monoisotopic (exact) mass is 435 g/mol. The number of ether oxygens (including phenoxy) is 3. The molecule has 2 unspecified atom stereocenters. The van der Waals surface area contributed by atoms with Gasteiger partial charge in [0.25, 0.3) is 0 Å². The molecule has 31 heavy (non-hydrogen) atoms. The van der Waals surface area contributed by atoms with Gasteiger partial charge in [0, 0.05) is 24.7 Å². The van der Waals surface area contributed by atoms with E-state index in [0.29, 0.717) is 19.6 Å². The Morgan fingerprint density at radius 1 is 1.10 bits per heavy atom. The van der Waals surface area contributed by atoms with Gasteiger partial charge in [-0.3, -0.25) is 0 Å². The zero-order valence-corrected chi connectivity index (χ0v) is 18.5. The number of halogens is 2. The van der Waals surface area contributed by atoms with Gasteiger partial charge in [-0.1, -0.05) is 51.1 Å². The summed E-state index contributed by atoms with van der Waals surface area (Å²) >= 11 is 0. The van der Waals surface area contributed by atoms with Crippen molar-refractivity contribution in [3.8, 4) is 0 Å². The van der Waals surface area contributed by atoms with Crippen LogP contribution in [0.5, 0.6) is 0 Å². The highest BCUT2D eigenvalue weighted by molar-refractivity contribution is 5.70. The molecule has 2 aliphatic rings. The van der Waals surface area contributed by atoms with Crippen LogP contribution in [-0.4, -0.2) is 33.0 Å². The summed E-state index contributed by atoms with van der Waals surface area (Å²) in [6, 6.07) is 13.3. The van der Waals surface area contributed by atoms with Gasteiger partial charge < -0.3 is 19.5 Å². The highest BCUT2D eigenvalue weighted by Crippen LogP contribution is 2.48. The van der Waals surface area contributed by atoms with Crippen molar-refractivity contribution in [1.82, 2.24) is 5.32 Å². The second-order valence-electron chi connectivity index (χ2n) is 7.51. The molecule has 0 bridgehead atoms. The molecule has 0 aromatic heterocycles. The fourth-order valence-electron chi connectivity index (χ4n) is 3.76. The van der Waals surface area contributed by atoms with Gasteiger partial charge in [-0.25, -0.2) is 13.6 Å². The molecule has 1 amide bonds. The molecule has 0 aliphatic carbocycles. The van der Waals surface area contributed by atoms with Gasteiger partial charge in [0.1, 0.15) is 23.8 Å². The Hall–Kier alpha value is -2.51. The molecule has 2 fully saturated rings. The van der Waals surface area contributed by atoms with Gasteiger partial charge in [0.2, 0.25) is 0 Å². The molecule has 2 aliphatic heterocycles. The lowest BCUT2D eigenvalue weighted by atomic mass is 9.64. The lowest BCUT2D eigenvalue weighted by Gasteiger charge is -2.53. The highest BCUT2D eigenvalue weighted by Gasteiger charge is 2.57. The summed E-state index contributed by atoms with van der Waals surface area (Å²) in [7, 11) is 1.70. The maximum atomic E-state index is 14.2. The molecular weight excluding hydrogens is 404 g/mol. The van der Waals surface area contributed by atoms with E-state index in [-0.39, 0.29) is 18.8 Å². The van der Waals surface area contributed by atoms with Crippen LogP contribution < -0.4 is 5.32 Å². The highest BCUT2D eigenvalue weighted by atomic mass is 19.1. The van der Waals surface area contributed by atoms with Crippen molar-refractivity contribution in [2.75, 3.05) is 26.9 Å². The molecule has 1 N–H and O–H groups in total. The molecule has 5 nitrogen and oxygen atoms in total. The van der Waals surface area contributed by atoms with Gasteiger partial charge in [-0.2, -0.15) is 0 Å². The largest absolute Gasteiger partial charge is 0.449 e. The van der Waals surface area contributed by atoms with Crippen LogP contribution in [0.4, 0.5) is 13.6 Å². The summed E-state index contributed by atoms with van der Waals surface area (Å²) in [5.41, 5.74) is -0.322. The van der Waals surface area contributed by atoms with E-state index in [0.717, 1.165) is 18.2 Å². The summed E-state index contributed by atoms with van der Waals surface area (Å²) in [5, 5.41) is 2.66. The zero-order chi connectivity index (χ0) is 22.9. The number of alkyl carbamates (subject to hydrolysis) is 1. The molecular formula is C24H31F2NO4. The van der Waals surface area contributed by atoms with E-state index >= 15 is 0 Å². The lowest BCUT2D eigenvalue weighted by Crippen LogP contribution is -2.67. The lowest BCUT2D eigenvalue weighted by molar-refractivity contribution is -0.118. The van der Waals surface area contributed by atoms with Gasteiger partial charge in [0.05, 0.1) is 13.2 Å². The summed E-state index contributed by atoms with van der Waals surface area (Å²) < 4.78 is 43.1. The van der Waals surface area contributed by atoms with Crippen LogP contribution in [0, 0.1) is 17.0 Å². The molecule has 0 spiro atoms. The van der Waals surface area contributed by atoms with E-state index in [1.54, 1.807) is 7.11 Å². The first kappa shape index (κ1) is 24.8. The molecule has 2 saturated heterocycles. The normalized spacial score (nSPS) is 24.3. The predicted octanol–water partition coefficient (Wildman–Crippen LogP) is 5.19. The standard InChI is InChI=1S/C14H15F2NO3.C8H10O.C2H6/c1-13-4-5-19-8-14(13,17-12(18)20-7-13)10-6-9(15)2-3-11(10)16;1-9-7-8-5-3-2-4-6-8;1-2/h2-3,6H,4-5,7-8H2,1H3,(H,17,18);2-6H,7H2,1H3;1-2H3. The first-order valence-electron chi connectivity index (χ1n) is 10.4. The van der Waals surface area contributed by atoms with Crippen molar-refractivity contribution in [3.63, 3.8) is 0 Å². The van der Waals surface area contributed by atoms with Crippen LogP contribution in [0.2, 0.25) is 0 Å². The predicted molar refractivity (Wildman–Crippen MR) is 115 cm³/mol. The topological polar surface area (TPSA) is 56.8 Å². The maximum absolute atomic E-state index is 14.2. The molecule has 4 rings (SSSR count). The van der Waals surface area contributed by atoms with E-state index in [1.165, 1.54) is 5.56 Å². The van der Waals surface area contributed by atoms with Crippen LogP contribution in [0.15, 0.2) is 48.5 Å². The van der Waals surface area contributed by atoms with Crippen molar-refractivity contribution >= 4 is 6.09 Å². The Labute approximate surface area is 182 Å². The van der Waals surface area contributed by atoms with Crippen LogP contribution >= 0.6 is 0 Å². The molecule has 7 heteroatoms. The molecule has 2 atom stereocenters. The molecule has 170 valence electrons. The van der Waals surface area contributed by atoms with Gasteiger partial charge in [-0.15, -0.1) is 0 Å². The Morgan fingerprint density at radius 3 is 2.48 bits per heavy atom. The second kappa shape index (κ2) is 11.2. The molecule has 2 aromatic carbocycles. The number of methoxy groups -OCH3 is 1. The van der Waals surface area contributed by atoms with Gasteiger partial charge >= 0.3 is 6.09 Å². The Morgan fingerprint density at radius 2 is 1.81 bits per heavy atom. The smallest absolute Gasteiger partial charge is 0.407 e. The number of benzene rings is 2. The minimum atomic E-state index is -1.10. The van der Waals surface area contributed by atoms with Crippen molar-refractivity contribution in [1.29, 1.82) is 0 Å². The van der Waals surface area contributed by atoms with Crippen LogP contribution in [0.3, 0.4) is 0 Å². The summed E-state index contributed by atoms with van der Waals surface area (Å²) in [5.74, 6) is -1.12. The Kier molecular flexibility index (Phi) is 8.95. The maximum Gasteiger partial charge on any atom is 0.407 e. The number of rotatable bonds is 3. The zero-order valence-electron chi connectivity index (χ0n) is 18.5. The minimum absolute atomic E-state index is 0.0962. The van der Waals surface area contributed by atoms with Crippen molar-refractivity contribution in [3.05, 3.63) is 71.3 Å². The third kappa shape index (κ3) is 5.60. The molecule has 0 radical (unpaired) electrons. The molecule has 2 aromatic rings. The third-order valence-electron chi connectivity index (χ3n) is 5.53. The number of fused-ring (bicyclic) bond motifs is 1. The first-order chi connectivity index (χ1) is 14.9. The van der Waals surface area contributed by atoms with E-state index in [4.69, 9.17) is 14.2 Å². The number of cyclic esters (lactones) is 1. The first-order valence-corrected chi connectivity index (χ1v) is 10.4. The third-order valence-corrected chi connectivity index (χ3v) is 5.53. The average molecular weight is 436 g/mol. The van der Waals surface area contributed by atoms with Crippen LogP contribution in [0.1, 0.15) is 38.3 Å². The Bertz CT molecular complexity index is 849.